The molecule has 2 fully saturated rings. The number of hydrogen-bond acceptors (Lipinski definition) is 4. The number of carbonyl (C=O) groups excluding carboxylic acids is 3. The molecule has 3 aliphatic rings. The van der Waals surface area contributed by atoms with E-state index in [9.17, 15) is 18.8 Å². The number of carbonyl (C=O) groups is 3. The maximum Gasteiger partial charge on any atom is 0.253 e. The summed E-state index contributed by atoms with van der Waals surface area (Å²) in [6.45, 7) is 4.38. The van der Waals surface area contributed by atoms with E-state index in [4.69, 9.17) is 0 Å². The van der Waals surface area contributed by atoms with Crippen LogP contribution in [0, 0.1) is 23.6 Å². The Bertz CT molecular complexity index is 1390. The standard InChI is InChI=1S/C30H28FN3O3/c1-18(2)16-23-25-26(28(36)34(27(25)35)21-8-4-3-5-9-21)30(32-23)22-10-6-7-11-24(22)33(29(30)37)17-19-12-14-20(31)15-13-19/h3-15,18,23,25-26,32H,16-17H2,1-2H3. The van der Waals surface area contributed by atoms with Crippen molar-refractivity contribution in [3.63, 3.8) is 0 Å². The highest BCUT2D eigenvalue weighted by atomic mass is 19.1. The van der Waals surface area contributed by atoms with Crippen molar-refractivity contribution in [3.8, 4) is 0 Å². The number of nitrogens with zero attached hydrogens (tertiary/aromatic N) is 2. The Balaban J connectivity index is 1.48. The second-order valence-electron chi connectivity index (χ2n) is 10.6. The Morgan fingerprint density at radius 2 is 1.57 bits per heavy atom. The Labute approximate surface area is 215 Å². The smallest absolute Gasteiger partial charge is 0.253 e. The lowest BCUT2D eigenvalue weighted by atomic mass is 9.76. The molecular formula is C30H28FN3O3. The van der Waals surface area contributed by atoms with Crippen molar-refractivity contribution in [2.45, 2.75) is 38.4 Å². The monoisotopic (exact) mass is 497 g/mol. The van der Waals surface area contributed by atoms with Gasteiger partial charge in [-0.3, -0.25) is 19.7 Å². The summed E-state index contributed by atoms with van der Waals surface area (Å²) in [5.41, 5.74) is 1.35. The lowest BCUT2D eigenvalue weighted by Gasteiger charge is -2.31. The highest BCUT2D eigenvalue weighted by Crippen LogP contribution is 2.56. The summed E-state index contributed by atoms with van der Waals surface area (Å²) >= 11 is 0. The van der Waals surface area contributed by atoms with E-state index in [0.717, 1.165) is 5.56 Å². The Hall–Kier alpha value is -3.84. The lowest BCUT2D eigenvalue weighted by molar-refractivity contribution is -0.132. The van der Waals surface area contributed by atoms with Crippen LogP contribution in [0.3, 0.4) is 0 Å². The number of anilines is 2. The summed E-state index contributed by atoms with van der Waals surface area (Å²) in [7, 11) is 0. The Morgan fingerprint density at radius 1 is 0.892 bits per heavy atom. The first-order valence-corrected chi connectivity index (χ1v) is 12.7. The van der Waals surface area contributed by atoms with Crippen LogP contribution in [0.4, 0.5) is 15.8 Å². The number of benzene rings is 3. The predicted molar refractivity (Wildman–Crippen MR) is 138 cm³/mol. The van der Waals surface area contributed by atoms with Crippen LogP contribution in [0.5, 0.6) is 0 Å². The number of hydrogen-bond donors (Lipinski definition) is 1. The largest absolute Gasteiger partial charge is 0.306 e. The zero-order chi connectivity index (χ0) is 25.9. The van der Waals surface area contributed by atoms with Crippen molar-refractivity contribution in [3.05, 3.63) is 95.8 Å². The quantitative estimate of drug-likeness (QED) is 0.531. The van der Waals surface area contributed by atoms with Crippen LogP contribution in [0.15, 0.2) is 78.9 Å². The van der Waals surface area contributed by atoms with Crippen molar-refractivity contribution in [1.29, 1.82) is 0 Å². The van der Waals surface area contributed by atoms with Crippen molar-refractivity contribution in [1.82, 2.24) is 5.32 Å². The van der Waals surface area contributed by atoms with Gasteiger partial charge in [-0.05, 0) is 48.2 Å². The van der Waals surface area contributed by atoms with Crippen LogP contribution < -0.4 is 15.1 Å². The fourth-order valence-electron chi connectivity index (χ4n) is 6.42. The molecule has 6 rings (SSSR count). The molecule has 0 saturated carbocycles. The molecule has 0 bridgehead atoms. The molecule has 1 spiro atoms. The van der Waals surface area contributed by atoms with Gasteiger partial charge in [-0.1, -0.05) is 62.4 Å². The molecule has 4 atom stereocenters. The molecule has 7 heteroatoms. The topological polar surface area (TPSA) is 69.7 Å². The van der Waals surface area contributed by atoms with E-state index in [-0.39, 0.29) is 42.0 Å². The SMILES string of the molecule is CC(C)CC1NC2(C(=O)N(Cc3ccc(F)cc3)c3ccccc32)C2C(=O)N(c3ccccc3)C(=O)C12. The summed E-state index contributed by atoms with van der Waals surface area (Å²) in [5, 5.41) is 3.54. The van der Waals surface area contributed by atoms with Gasteiger partial charge in [0.05, 0.1) is 24.1 Å². The average Bonchev–Trinajstić information content (AvgIpc) is 3.44. The predicted octanol–water partition coefficient (Wildman–Crippen LogP) is 4.39. The maximum atomic E-state index is 14.4. The van der Waals surface area contributed by atoms with Gasteiger partial charge in [0.2, 0.25) is 11.8 Å². The van der Waals surface area contributed by atoms with Crippen LogP contribution in [-0.4, -0.2) is 23.8 Å². The second-order valence-corrected chi connectivity index (χ2v) is 10.6. The number of fused-ring (bicyclic) bond motifs is 4. The van der Waals surface area contributed by atoms with Crippen LogP contribution in [0.2, 0.25) is 0 Å². The normalized spacial score (nSPS) is 26.5. The fraction of sp³-hybridized carbons (Fsp3) is 0.300. The van der Waals surface area contributed by atoms with Crippen molar-refractivity contribution in [2.24, 2.45) is 17.8 Å². The first kappa shape index (κ1) is 23.6. The van der Waals surface area contributed by atoms with E-state index >= 15 is 0 Å². The molecule has 0 aromatic heterocycles. The minimum absolute atomic E-state index is 0.232. The van der Waals surface area contributed by atoms with Gasteiger partial charge in [0.25, 0.3) is 5.91 Å². The number of para-hydroxylation sites is 2. The second kappa shape index (κ2) is 8.63. The summed E-state index contributed by atoms with van der Waals surface area (Å²) in [6.07, 6.45) is 0.651. The van der Waals surface area contributed by atoms with Crippen LogP contribution in [-0.2, 0) is 26.5 Å². The van der Waals surface area contributed by atoms with Crippen molar-refractivity contribution >= 4 is 29.1 Å². The van der Waals surface area contributed by atoms with E-state index in [1.165, 1.54) is 17.0 Å². The van der Waals surface area contributed by atoms with E-state index in [2.05, 4.69) is 19.2 Å². The van der Waals surface area contributed by atoms with Gasteiger partial charge in [-0.2, -0.15) is 0 Å². The van der Waals surface area contributed by atoms with E-state index in [0.29, 0.717) is 23.4 Å². The zero-order valence-electron chi connectivity index (χ0n) is 20.7. The van der Waals surface area contributed by atoms with Crippen LogP contribution in [0.25, 0.3) is 0 Å². The third-order valence-electron chi connectivity index (χ3n) is 7.86. The van der Waals surface area contributed by atoms with Crippen molar-refractivity contribution in [2.75, 3.05) is 9.80 Å². The lowest BCUT2D eigenvalue weighted by Crippen LogP contribution is -2.55. The molecule has 3 aromatic rings. The summed E-state index contributed by atoms with van der Waals surface area (Å²) < 4.78 is 13.5. The van der Waals surface area contributed by atoms with E-state index in [1.807, 2.05) is 30.3 Å². The first-order valence-electron chi connectivity index (χ1n) is 12.7. The zero-order valence-corrected chi connectivity index (χ0v) is 20.7. The molecule has 2 saturated heterocycles. The molecule has 1 N–H and O–H groups in total. The molecule has 3 aromatic carbocycles. The average molecular weight is 498 g/mol. The molecule has 3 heterocycles. The van der Waals surface area contributed by atoms with Gasteiger partial charge in [-0.15, -0.1) is 0 Å². The number of halogens is 1. The maximum absolute atomic E-state index is 14.4. The van der Waals surface area contributed by atoms with Gasteiger partial charge in [0.1, 0.15) is 11.4 Å². The van der Waals surface area contributed by atoms with Gasteiger partial charge < -0.3 is 4.90 Å². The number of rotatable bonds is 5. The highest BCUT2D eigenvalue weighted by Gasteiger charge is 2.71. The fourth-order valence-corrected chi connectivity index (χ4v) is 6.42. The van der Waals surface area contributed by atoms with Gasteiger partial charge in [0, 0.05) is 17.3 Å². The van der Waals surface area contributed by atoms with Gasteiger partial charge >= 0.3 is 0 Å². The first-order chi connectivity index (χ1) is 17.8. The Kier molecular flexibility index (Phi) is 5.49. The van der Waals surface area contributed by atoms with Crippen molar-refractivity contribution < 1.29 is 18.8 Å². The summed E-state index contributed by atoms with van der Waals surface area (Å²) in [6, 6.07) is 22.1. The molecule has 3 aliphatic heterocycles. The summed E-state index contributed by atoms with van der Waals surface area (Å²) in [4.78, 5) is 45.3. The molecule has 4 unspecified atom stereocenters. The molecular weight excluding hydrogens is 469 g/mol. The van der Waals surface area contributed by atoms with Crippen LogP contribution >= 0.6 is 0 Å². The Morgan fingerprint density at radius 3 is 2.27 bits per heavy atom. The van der Waals surface area contributed by atoms with Crippen LogP contribution in [0.1, 0.15) is 31.4 Å². The van der Waals surface area contributed by atoms with Gasteiger partial charge in [-0.25, -0.2) is 9.29 Å². The minimum Gasteiger partial charge on any atom is -0.306 e. The number of amides is 3. The molecule has 6 nitrogen and oxygen atoms in total. The number of nitrogens with one attached hydrogen (secondary N) is 1. The third-order valence-corrected chi connectivity index (χ3v) is 7.86. The highest BCUT2D eigenvalue weighted by molar-refractivity contribution is 6.26. The molecule has 188 valence electrons. The van der Waals surface area contributed by atoms with E-state index < -0.39 is 17.4 Å². The molecule has 37 heavy (non-hydrogen) atoms. The molecule has 3 amide bonds. The minimum atomic E-state index is -1.35. The summed E-state index contributed by atoms with van der Waals surface area (Å²) in [5.74, 6) is -2.49. The number of imide groups is 1. The third kappa shape index (κ3) is 3.44. The van der Waals surface area contributed by atoms with Gasteiger partial charge in [0.15, 0.2) is 0 Å². The molecule has 0 radical (unpaired) electrons. The van der Waals surface area contributed by atoms with E-state index in [1.54, 1.807) is 41.3 Å². The molecule has 0 aliphatic carbocycles.